The number of rotatable bonds is 3. The van der Waals surface area contributed by atoms with E-state index in [4.69, 9.17) is 9.97 Å². The number of aromatic nitrogens is 3. The lowest BCUT2D eigenvalue weighted by atomic mass is 10.1. The Bertz CT molecular complexity index is 1230. The van der Waals surface area contributed by atoms with E-state index in [-0.39, 0.29) is 6.03 Å². The average molecular weight is 445 g/mol. The van der Waals surface area contributed by atoms with Crippen molar-refractivity contribution < 1.29 is 4.79 Å². The van der Waals surface area contributed by atoms with Crippen LogP contribution in [0.4, 0.5) is 10.6 Å². The molecule has 162 valence electrons. The van der Waals surface area contributed by atoms with Crippen molar-refractivity contribution in [2.75, 3.05) is 45.2 Å². The van der Waals surface area contributed by atoms with E-state index in [2.05, 4.69) is 28.1 Å². The number of pyridine rings is 1. The molecule has 1 aromatic carbocycles. The van der Waals surface area contributed by atoms with Gasteiger partial charge in [0.05, 0.1) is 5.39 Å². The first-order chi connectivity index (χ1) is 15.6. The molecule has 0 aliphatic carbocycles. The number of carbonyl (C=O) groups excluding carboxylic acids is 1. The van der Waals surface area contributed by atoms with E-state index in [0.717, 1.165) is 34.7 Å². The van der Waals surface area contributed by atoms with Crippen LogP contribution in [0.3, 0.4) is 0 Å². The summed E-state index contributed by atoms with van der Waals surface area (Å²) in [6.45, 7) is 2.80. The van der Waals surface area contributed by atoms with Crippen LogP contribution < -0.4 is 4.90 Å². The first-order valence-electron chi connectivity index (χ1n) is 10.6. The van der Waals surface area contributed by atoms with Gasteiger partial charge in [-0.15, -0.1) is 11.3 Å². The predicted octanol–water partition coefficient (Wildman–Crippen LogP) is 4.22. The molecular formula is C24H24N6OS. The van der Waals surface area contributed by atoms with Crippen molar-refractivity contribution in [3.05, 3.63) is 60.9 Å². The molecule has 5 rings (SSSR count). The van der Waals surface area contributed by atoms with Crippen molar-refractivity contribution >= 4 is 33.4 Å². The van der Waals surface area contributed by atoms with Gasteiger partial charge in [-0.2, -0.15) is 0 Å². The number of nitrogens with zero attached hydrogens (tertiary/aromatic N) is 6. The van der Waals surface area contributed by atoms with Gasteiger partial charge in [0.25, 0.3) is 0 Å². The van der Waals surface area contributed by atoms with E-state index in [1.54, 1.807) is 42.7 Å². The van der Waals surface area contributed by atoms with Gasteiger partial charge in [-0.1, -0.05) is 30.3 Å². The molecule has 8 heteroatoms. The van der Waals surface area contributed by atoms with Crippen LogP contribution in [0.25, 0.3) is 32.0 Å². The monoisotopic (exact) mass is 444 g/mol. The van der Waals surface area contributed by atoms with Gasteiger partial charge in [-0.3, -0.25) is 4.98 Å². The summed E-state index contributed by atoms with van der Waals surface area (Å²) in [6, 6.07) is 16.5. The first-order valence-corrected chi connectivity index (χ1v) is 11.4. The summed E-state index contributed by atoms with van der Waals surface area (Å²) in [5.41, 5.74) is 2.07. The van der Waals surface area contributed by atoms with E-state index in [1.165, 1.54) is 10.4 Å². The lowest BCUT2D eigenvalue weighted by molar-refractivity contribution is 0.168. The maximum Gasteiger partial charge on any atom is 0.319 e. The zero-order valence-corrected chi connectivity index (χ0v) is 18.9. The van der Waals surface area contributed by atoms with Crippen molar-refractivity contribution in [2.45, 2.75) is 0 Å². The molecule has 0 saturated carbocycles. The van der Waals surface area contributed by atoms with Crippen LogP contribution in [0.2, 0.25) is 0 Å². The number of carbonyl (C=O) groups is 1. The van der Waals surface area contributed by atoms with E-state index in [1.807, 2.05) is 35.2 Å². The number of amides is 2. The fourth-order valence-electron chi connectivity index (χ4n) is 3.91. The molecule has 3 aromatic heterocycles. The van der Waals surface area contributed by atoms with Gasteiger partial charge >= 0.3 is 6.03 Å². The molecule has 1 aliphatic rings. The smallest absolute Gasteiger partial charge is 0.319 e. The summed E-state index contributed by atoms with van der Waals surface area (Å²) in [7, 11) is 3.58. The first kappa shape index (κ1) is 20.4. The summed E-state index contributed by atoms with van der Waals surface area (Å²) in [6.07, 6.45) is 3.55. The van der Waals surface area contributed by atoms with Crippen molar-refractivity contribution in [3.63, 3.8) is 0 Å². The van der Waals surface area contributed by atoms with Crippen molar-refractivity contribution in [1.29, 1.82) is 0 Å². The summed E-state index contributed by atoms with van der Waals surface area (Å²) in [5.74, 6) is 1.60. The fourth-order valence-corrected chi connectivity index (χ4v) is 4.94. The highest BCUT2D eigenvalue weighted by Gasteiger charge is 2.25. The molecule has 1 aliphatic heterocycles. The third kappa shape index (κ3) is 3.89. The van der Waals surface area contributed by atoms with Gasteiger partial charge in [0.15, 0.2) is 5.82 Å². The van der Waals surface area contributed by atoms with Crippen LogP contribution in [0.15, 0.2) is 60.9 Å². The lowest BCUT2D eigenvalue weighted by Gasteiger charge is -2.36. The number of fused-ring (bicyclic) bond motifs is 1. The van der Waals surface area contributed by atoms with Crippen molar-refractivity contribution in [1.82, 2.24) is 24.8 Å². The summed E-state index contributed by atoms with van der Waals surface area (Å²) in [5, 5.41) is 1.05. The maximum atomic E-state index is 12.4. The number of anilines is 1. The van der Waals surface area contributed by atoms with Gasteiger partial charge in [0.2, 0.25) is 0 Å². The predicted molar refractivity (Wildman–Crippen MR) is 129 cm³/mol. The second-order valence-corrected chi connectivity index (χ2v) is 8.99. The Balaban J connectivity index is 1.56. The largest absolute Gasteiger partial charge is 0.352 e. The van der Waals surface area contributed by atoms with Gasteiger partial charge < -0.3 is 14.7 Å². The van der Waals surface area contributed by atoms with Crippen LogP contribution in [0, 0.1) is 0 Å². The average Bonchev–Trinajstić information content (AvgIpc) is 3.28. The zero-order valence-electron chi connectivity index (χ0n) is 18.1. The lowest BCUT2D eigenvalue weighted by Crippen LogP contribution is -2.51. The van der Waals surface area contributed by atoms with Crippen LogP contribution in [0.5, 0.6) is 0 Å². The second kappa shape index (κ2) is 8.55. The van der Waals surface area contributed by atoms with Gasteiger partial charge in [0, 0.05) is 63.1 Å². The number of hydrogen-bond acceptors (Lipinski definition) is 6. The Morgan fingerprint density at radius 1 is 0.969 bits per heavy atom. The number of thiophene rings is 1. The Labute approximate surface area is 191 Å². The number of hydrogen-bond donors (Lipinski definition) is 0. The van der Waals surface area contributed by atoms with Crippen molar-refractivity contribution in [2.24, 2.45) is 0 Å². The Morgan fingerprint density at radius 3 is 2.41 bits per heavy atom. The molecule has 1 fully saturated rings. The maximum absolute atomic E-state index is 12.4. The molecule has 0 radical (unpaired) electrons. The molecule has 4 aromatic rings. The Hall–Kier alpha value is -3.52. The van der Waals surface area contributed by atoms with Crippen LogP contribution >= 0.6 is 11.3 Å². The molecule has 0 atom stereocenters. The Morgan fingerprint density at radius 2 is 1.72 bits per heavy atom. The minimum Gasteiger partial charge on any atom is -0.352 e. The topological polar surface area (TPSA) is 65.5 Å². The summed E-state index contributed by atoms with van der Waals surface area (Å²) < 4.78 is 0. The zero-order chi connectivity index (χ0) is 22.1. The molecule has 4 heterocycles. The van der Waals surface area contributed by atoms with Gasteiger partial charge in [-0.05, 0) is 23.8 Å². The standard InChI is InChI=1S/C24H24N6OS/c1-28(2)24(31)30-13-11-29(12-14-30)22-19-15-20(17-7-4-3-5-8-17)32-23(19)27-21(26-22)18-9-6-10-25-16-18/h3-10,15-16H,11-14H2,1-2H3. The van der Waals surface area contributed by atoms with Crippen molar-refractivity contribution in [3.8, 4) is 21.8 Å². The highest BCUT2D eigenvalue weighted by molar-refractivity contribution is 7.22. The third-order valence-electron chi connectivity index (χ3n) is 5.58. The third-order valence-corrected chi connectivity index (χ3v) is 6.66. The summed E-state index contributed by atoms with van der Waals surface area (Å²) >= 11 is 1.68. The molecule has 0 spiro atoms. The molecule has 2 amide bonds. The van der Waals surface area contributed by atoms with Gasteiger partial charge in [0.1, 0.15) is 10.6 Å². The number of benzene rings is 1. The SMILES string of the molecule is CN(C)C(=O)N1CCN(c2nc(-c3cccnc3)nc3sc(-c4ccccc4)cc23)CC1. The van der Waals surface area contributed by atoms with Gasteiger partial charge in [-0.25, -0.2) is 14.8 Å². The van der Waals surface area contributed by atoms with E-state index >= 15 is 0 Å². The molecule has 0 bridgehead atoms. The van der Waals surface area contributed by atoms with Crippen LogP contribution in [-0.4, -0.2) is 71.1 Å². The number of piperazine rings is 1. The molecule has 32 heavy (non-hydrogen) atoms. The van der Waals surface area contributed by atoms with Crippen LogP contribution in [0.1, 0.15) is 0 Å². The van der Waals surface area contributed by atoms with E-state index < -0.39 is 0 Å². The molecule has 1 saturated heterocycles. The number of urea groups is 1. The minimum absolute atomic E-state index is 0.0513. The highest BCUT2D eigenvalue weighted by Crippen LogP contribution is 2.38. The molecule has 7 nitrogen and oxygen atoms in total. The fraction of sp³-hybridized carbons (Fsp3) is 0.250. The van der Waals surface area contributed by atoms with E-state index in [0.29, 0.717) is 18.9 Å². The molecule has 0 N–H and O–H groups in total. The quantitative estimate of drug-likeness (QED) is 0.473. The summed E-state index contributed by atoms with van der Waals surface area (Å²) in [4.78, 5) is 34.4. The molecular weight excluding hydrogens is 420 g/mol. The normalized spacial score (nSPS) is 14.1. The highest BCUT2D eigenvalue weighted by atomic mass is 32.1. The van der Waals surface area contributed by atoms with E-state index in [9.17, 15) is 4.79 Å². The van der Waals surface area contributed by atoms with Crippen LogP contribution in [-0.2, 0) is 0 Å². The Kier molecular flexibility index (Phi) is 5.45. The second-order valence-electron chi connectivity index (χ2n) is 7.96. The molecule has 0 unspecified atom stereocenters. The minimum atomic E-state index is 0.0513.